The maximum absolute atomic E-state index is 13.0. The average Bonchev–Trinajstić information content (AvgIpc) is 3.11. The largest absolute Gasteiger partial charge is 0.486 e. The molecule has 0 saturated heterocycles. The zero-order valence-corrected chi connectivity index (χ0v) is 17.7. The first kappa shape index (κ1) is 21.6. The molecule has 156 valence electrons. The number of anilines is 1. The Bertz CT molecular complexity index is 1030. The first-order chi connectivity index (χ1) is 14.5. The zero-order valence-electron chi connectivity index (χ0n) is 16.9. The van der Waals surface area contributed by atoms with E-state index in [-0.39, 0.29) is 24.1 Å². The summed E-state index contributed by atoms with van der Waals surface area (Å²) in [6, 6.07) is 11.6. The zero-order chi connectivity index (χ0) is 21.5. The highest BCUT2D eigenvalue weighted by atomic mass is 32.2. The van der Waals surface area contributed by atoms with Crippen molar-refractivity contribution in [2.75, 3.05) is 11.1 Å². The van der Waals surface area contributed by atoms with Crippen LogP contribution in [0.5, 0.6) is 5.75 Å². The molecule has 0 aliphatic rings. The number of aryl methyl sites for hydroxylation is 1. The molecule has 1 aromatic heterocycles. The Hall–Kier alpha value is -3.13. The van der Waals surface area contributed by atoms with Crippen molar-refractivity contribution in [3.05, 3.63) is 77.9 Å². The van der Waals surface area contributed by atoms with E-state index < -0.39 is 0 Å². The lowest BCUT2D eigenvalue weighted by Gasteiger charge is -2.11. The first-order valence-electron chi connectivity index (χ1n) is 9.38. The van der Waals surface area contributed by atoms with Gasteiger partial charge in [0.1, 0.15) is 18.2 Å². The molecule has 0 unspecified atom stereocenters. The van der Waals surface area contributed by atoms with Gasteiger partial charge >= 0.3 is 0 Å². The lowest BCUT2D eigenvalue weighted by atomic mass is 10.1. The van der Waals surface area contributed by atoms with Gasteiger partial charge in [-0.1, -0.05) is 30.0 Å². The summed E-state index contributed by atoms with van der Waals surface area (Å²) in [5.41, 5.74) is 2.98. The summed E-state index contributed by atoms with van der Waals surface area (Å²) in [4.78, 5) is 12.4. The Morgan fingerprint density at radius 3 is 2.73 bits per heavy atom. The van der Waals surface area contributed by atoms with E-state index in [0.29, 0.717) is 23.3 Å². The third kappa shape index (κ3) is 5.48. The van der Waals surface area contributed by atoms with Crippen LogP contribution in [0.15, 0.2) is 60.3 Å². The van der Waals surface area contributed by atoms with Crippen LogP contribution >= 0.6 is 11.8 Å². The SMILES string of the molecule is C=CCn1c(COc2ccc(F)cc2)nnc1SCC(=O)Nc1cccc(C)c1C. The normalized spacial score (nSPS) is 10.6. The predicted octanol–water partition coefficient (Wildman–Crippen LogP) is 4.53. The van der Waals surface area contributed by atoms with Gasteiger partial charge in [0.05, 0.1) is 5.75 Å². The Morgan fingerprint density at radius 2 is 2.00 bits per heavy atom. The van der Waals surface area contributed by atoms with Crippen molar-refractivity contribution in [3.63, 3.8) is 0 Å². The molecule has 3 aromatic rings. The van der Waals surface area contributed by atoms with E-state index in [1.54, 1.807) is 18.2 Å². The molecule has 0 radical (unpaired) electrons. The first-order valence-corrected chi connectivity index (χ1v) is 10.4. The van der Waals surface area contributed by atoms with E-state index in [9.17, 15) is 9.18 Å². The van der Waals surface area contributed by atoms with Crippen molar-refractivity contribution >= 4 is 23.4 Å². The van der Waals surface area contributed by atoms with Crippen LogP contribution in [-0.2, 0) is 17.9 Å². The quantitative estimate of drug-likeness (QED) is 0.402. The van der Waals surface area contributed by atoms with Crippen molar-refractivity contribution in [1.29, 1.82) is 0 Å². The summed E-state index contributed by atoms with van der Waals surface area (Å²) in [5, 5.41) is 11.9. The minimum Gasteiger partial charge on any atom is -0.486 e. The number of nitrogens with zero attached hydrogens (tertiary/aromatic N) is 3. The summed E-state index contributed by atoms with van der Waals surface area (Å²) in [6.07, 6.45) is 1.73. The third-order valence-electron chi connectivity index (χ3n) is 4.50. The molecule has 1 amide bonds. The lowest BCUT2D eigenvalue weighted by molar-refractivity contribution is -0.113. The molecule has 8 heteroatoms. The number of ether oxygens (including phenoxy) is 1. The molecule has 30 heavy (non-hydrogen) atoms. The lowest BCUT2D eigenvalue weighted by Crippen LogP contribution is -2.16. The van der Waals surface area contributed by atoms with Gasteiger partial charge in [0.15, 0.2) is 11.0 Å². The van der Waals surface area contributed by atoms with Crippen LogP contribution < -0.4 is 10.1 Å². The van der Waals surface area contributed by atoms with Gasteiger partial charge in [-0.25, -0.2) is 4.39 Å². The number of halogens is 1. The van der Waals surface area contributed by atoms with Crippen molar-refractivity contribution in [3.8, 4) is 5.75 Å². The Labute approximate surface area is 179 Å². The fraction of sp³-hybridized carbons (Fsp3) is 0.227. The molecule has 6 nitrogen and oxygen atoms in total. The van der Waals surface area contributed by atoms with Crippen LogP contribution in [0.1, 0.15) is 17.0 Å². The molecule has 0 aliphatic carbocycles. The van der Waals surface area contributed by atoms with Gasteiger partial charge in [-0.05, 0) is 55.3 Å². The van der Waals surface area contributed by atoms with Crippen LogP contribution in [0, 0.1) is 19.7 Å². The molecule has 3 rings (SSSR count). The summed E-state index contributed by atoms with van der Waals surface area (Å²) in [6.45, 7) is 8.40. The monoisotopic (exact) mass is 426 g/mol. The molecular weight excluding hydrogens is 403 g/mol. The molecule has 0 spiro atoms. The van der Waals surface area contributed by atoms with Gasteiger partial charge in [0, 0.05) is 12.2 Å². The van der Waals surface area contributed by atoms with Gasteiger partial charge in [-0.15, -0.1) is 16.8 Å². The highest BCUT2D eigenvalue weighted by molar-refractivity contribution is 7.99. The summed E-state index contributed by atoms with van der Waals surface area (Å²) in [5.74, 6) is 0.880. The fourth-order valence-corrected chi connectivity index (χ4v) is 3.49. The van der Waals surface area contributed by atoms with E-state index >= 15 is 0 Å². The van der Waals surface area contributed by atoms with Gasteiger partial charge in [0.2, 0.25) is 5.91 Å². The van der Waals surface area contributed by atoms with E-state index in [1.807, 2.05) is 36.6 Å². The second-order valence-electron chi connectivity index (χ2n) is 6.63. The van der Waals surface area contributed by atoms with Crippen molar-refractivity contribution in [1.82, 2.24) is 14.8 Å². The number of amides is 1. The van der Waals surface area contributed by atoms with Crippen molar-refractivity contribution < 1.29 is 13.9 Å². The molecule has 0 saturated carbocycles. The molecule has 0 bridgehead atoms. The van der Waals surface area contributed by atoms with Gasteiger partial charge in [-0.2, -0.15) is 0 Å². The number of nitrogens with one attached hydrogen (secondary N) is 1. The number of aromatic nitrogens is 3. The van der Waals surface area contributed by atoms with Gasteiger partial charge in [0.25, 0.3) is 0 Å². The maximum Gasteiger partial charge on any atom is 0.234 e. The van der Waals surface area contributed by atoms with Crippen LogP contribution in [0.3, 0.4) is 0 Å². The van der Waals surface area contributed by atoms with Gasteiger partial charge in [-0.3, -0.25) is 9.36 Å². The van der Waals surface area contributed by atoms with Crippen LogP contribution in [-0.4, -0.2) is 26.4 Å². The number of carbonyl (C=O) groups excluding carboxylic acids is 1. The van der Waals surface area contributed by atoms with Crippen molar-refractivity contribution in [2.24, 2.45) is 0 Å². The molecule has 0 fully saturated rings. The minimum absolute atomic E-state index is 0.119. The standard InChI is InChI=1S/C22H23FN4O2S/c1-4-12-27-20(13-29-18-10-8-17(23)9-11-18)25-26-22(27)30-14-21(28)24-19-7-5-6-15(2)16(19)3/h4-11H,1,12-14H2,2-3H3,(H,24,28). The Balaban J connectivity index is 1.62. The van der Waals surface area contributed by atoms with E-state index in [4.69, 9.17) is 4.74 Å². The predicted molar refractivity (Wildman–Crippen MR) is 116 cm³/mol. The fourth-order valence-electron chi connectivity index (χ4n) is 2.73. The summed E-state index contributed by atoms with van der Waals surface area (Å²) < 4.78 is 20.5. The summed E-state index contributed by atoms with van der Waals surface area (Å²) in [7, 11) is 0. The number of allylic oxidation sites excluding steroid dienone is 1. The topological polar surface area (TPSA) is 69.0 Å². The van der Waals surface area contributed by atoms with E-state index in [0.717, 1.165) is 16.8 Å². The van der Waals surface area contributed by atoms with E-state index in [1.165, 1.54) is 23.9 Å². The highest BCUT2D eigenvalue weighted by Gasteiger charge is 2.15. The second kappa shape index (κ2) is 10.1. The number of hydrogen-bond acceptors (Lipinski definition) is 5. The van der Waals surface area contributed by atoms with Gasteiger partial charge < -0.3 is 10.1 Å². The second-order valence-corrected chi connectivity index (χ2v) is 7.57. The number of rotatable bonds is 9. The van der Waals surface area contributed by atoms with Crippen LogP contribution in [0.4, 0.5) is 10.1 Å². The molecule has 1 heterocycles. The van der Waals surface area contributed by atoms with Crippen LogP contribution in [0.25, 0.3) is 0 Å². The number of hydrogen-bond donors (Lipinski definition) is 1. The van der Waals surface area contributed by atoms with Crippen LogP contribution in [0.2, 0.25) is 0 Å². The third-order valence-corrected chi connectivity index (χ3v) is 5.46. The summed E-state index contributed by atoms with van der Waals surface area (Å²) >= 11 is 1.29. The Kier molecular flexibility index (Phi) is 7.24. The Morgan fingerprint density at radius 1 is 1.23 bits per heavy atom. The molecule has 0 aliphatic heterocycles. The highest BCUT2D eigenvalue weighted by Crippen LogP contribution is 2.21. The number of thioether (sulfide) groups is 1. The number of carbonyl (C=O) groups is 1. The molecule has 1 N–H and O–H groups in total. The van der Waals surface area contributed by atoms with Crippen molar-refractivity contribution in [2.45, 2.75) is 32.2 Å². The van der Waals surface area contributed by atoms with E-state index in [2.05, 4.69) is 22.1 Å². The molecule has 2 aromatic carbocycles. The minimum atomic E-state index is -0.324. The average molecular weight is 427 g/mol. The smallest absolute Gasteiger partial charge is 0.234 e. The number of benzene rings is 2. The molecular formula is C22H23FN4O2S. The maximum atomic E-state index is 13.0. The molecule has 0 atom stereocenters.